The highest BCUT2D eigenvalue weighted by molar-refractivity contribution is 5.81. The summed E-state index contributed by atoms with van der Waals surface area (Å²) >= 11 is 0. The number of nitrogens with one attached hydrogen (secondary N) is 1. The zero-order valence-electron chi connectivity index (χ0n) is 15.6. The minimum Gasteiger partial charge on any atom is -0.491 e. The molecular formula is C21H27NO3. The zero-order chi connectivity index (χ0) is 18.4. The maximum atomic E-state index is 12.3. The fraction of sp³-hybridized carbons (Fsp3) is 0.381. The number of amides is 1. The van der Waals surface area contributed by atoms with Crippen LogP contribution in [0, 0.1) is 20.8 Å². The van der Waals surface area contributed by atoms with Gasteiger partial charge in [0.15, 0.2) is 6.10 Å². The molecular weight excluding hydrogens is 314 g/mol. The lowest BCUT2D eigenvalue weighted by molar-refractivity contribution is -0.128. The zero-order valence-corrected chi connectivity index (χ0v) is 15.6. The molecule has 0 unspecified atom stereocenters. The first-order valence-corrected chi connectivity index (χ1v) is 8.59. The number of carbonyl (C=O) groups excluding carboxylic acids is 1. The van der Waals surface area contributed by atoms with Crippen molar-refractivity contribution in [2.45, 2.75) is 46.8 Å². The first-order chi connectivity index (χ1) is 11.9. The maximum absolute atomic E-state index is 12.3. The second kappa shape index (κ2) is 8.56. The average Bonchev–Trinajstić information content (AvgIpc) is 2.58. The number of aryl methyl sites for hydroxylation is 2. The molecule has 2 aromatic carbocycles. The molecule has 4 nitrogen and oxygen atoms in total. The van der Waals surface area contributed by atoms with Crippen LogP contribution in [0.4, 0.5) is 0 Å². The second-order valence-electron chi connectivity index (χ2n) is 6.49. The Morgan fingerprint density at radius 1 is 1.04 bits per heavy atom. The predicted octanol–water partition coefficient (Wildman–Crippen LogP) is 3.96. The van der Waals surface area contributed by atoms with Gasteiger partial charge in [0.25, 0.3) is 5.91 Å². The quantitative estimate of drug-likeness (QED) is 0.829. The van der Waals surface area contributed by atoms with Crippen LogP contribution in [0.5, 0.6) is 11.5 Å². The van der Waals surface area contributed by atoms with Crippen LogP contribution in [-0.4, -0.2) is 24.7 Å². The monoisotopic (exact) mass is 341 g/mol. The molecule has 0 heterocycles. The summed E-state index contributed by atoms with van der Waals surface area (Å²) in [6.45, 7) is 10.1. The van der Waals surface area contributed by atoms with Crippen LogP contribution >= 0.6 is 0 Å². The molecule has 25 heavy (non-hydrogen) atoms. The molecule has 0 saturated heterocycles. The number of benzene rings is 2. The summed E-state index contributed by atoms with van der Waals surface area (Å²) in [7, 11) is 0. The van der Waals surface area contributed by atoms with Crippen LogP contribution in [-0.2, 0) is 4.79 Å². The Morgan fingerprint density at radius 3 is 2.40 bits per heavy atom. The normalized spacial score (nSPS) is 13.0. The lowest BCUT2D eigenvalue weighted by atomic mass is 10.1. The Balaban J connectivity index is 1.83. The Bertz CT molecular complexity index is 710. The second-order valence-corrected chi connectivity index (χ2v) is 6.49. The fourth-order valence-electron chi connectivity index (χ4n) is 2.35. The van der Waals surface area contributed by atoms with Crippen LogP contribution < -0.4 is 14.8 Å². The number of hydrogen-bond donors (Lipinski definition) is 1. The molecule has 0 saturated carbocycles. The topological polar surface area (TPSA) is 47.6 Å². The van der Waals surface area contributed by atoms with Gasteiger partial charge in [0.05, 0.1) is 6.04 Å². The Labute approximate surface area is 150 Å². The number of rotatable bonds is 7. The molecule has 1 amide bonds. The van der Waals surface area contributed by atoms with Gasteiger partial charge in [-0.3, -0.25) is 4.79 Å². The van der Waals surface area contributed by atoms with Gasteiger partial charge in [-0.15, -0.1) is 0 Å². The largest absolute Gasteiger partial charge is 0.491 e. The van der Waals surface area contributed by atoms with Gasteiger partial charge >= 0.3 is 0 Å². The van der Waals surface area contributed by atoms with Crippen molar-refractivity contribution in [3.63, 3.8) is 0 Å². The Kier molecular flexibility index (Phi) is 6.45. The molecule has 0 fully saturated rings. The fourth-order valence-corrected chi connectivity index (χ4v) is 2.35. The maximum Gasteiger partial charge on any atom is 0.261 e. The van der Waals surface area contributed by atoms with Crippen LogP contribution in [0.15, 0.2) is 42.5 Å². The van der Waals surface area contributed by atoms with Crippen molar-refractivity contribution in [1.82, 2.24) is 5.32 Å². The third kappa shape index (κ3) is 5.52. The minimum absolute atomic E-state index is 0.113. The molecule has 2 atom stereocenters. The molecule has 1 N–H and O–H groups in total. The van der Waals surface area contributed by atoms with E-state index in [-0.39, 0.29) is 11.9 Å². The molecule has 0 aliphatic heterocycles. The smallest absolute Gasteiger partial charge is 0.261 e. The van der Waals surface area contributed by atoms with Gasteiger partial charge in [-0.1, -0.05) is 29.8 Å². The summed E-state index contributed by atoms with van der Waals surface area (Å²) in [4.78, 5) is 12.3. The highest BCUT2D eigenvalue weighted by Gasteiger charge is 2.18. The summed E-state index contributed by atoms with van der Waals surface area (Å²) in [5, 5.41) is 2.93. The molecule has 134 valence electrons. The molecule has 0 aliphatic carbocycles. The van der Waals surface area contributed by atoms with Gasteiger partial charge in [0.2, 0.25) is 0 Å². The van der Waals surface area contributed by atoms with Crippen molar-refractivity contribution < 1.29 is 14.3 Å². The first-order valence-electron chi connectivity index (χ1n) is 8.59. The predicted molar refractivity (Wildman–Crippen MR) is 100 cm³/mol. The van der Waals surface area contributed by atoms with E-state index in [1.54, 1.807) is 6.92 Å². The summed E-state index contributed by atoms with van der Waals surface area (Å²) in [5.74, 6) is 1.39. The summed E-state index contributed by atoms with van der Waals surface area (Å²) in [6.07, 6.45) is -0.567. The van der Waals surface area contributed by atoms with Crippen molar-refractivity contribution >= 4 is 5.91 Å². The molecule has 0 spiro atoms. The molecule has 0 aliphatic rings. The van der Waals surface area contributed by atoms with Crippen molar-refractivity contribution in [2.75, 3.05) is 6.61 Å². The van der Waals surface area contributed by atoms with Gasteiger partial charge in [-0.25, -0.2) is 0 Å². The molecule has 0 bridgehead atoms. The first kappa shape index (κ1) is 18.8. The van der Waals surface area contributed by atoms with E-state index in [2.05, 4.69) is 5.32 Å². The van der Waals surface area contributed by atoms with E-state index in [1.165, 1.54) is 5.56 Å². The lowest BCUT2D eigenvalue weighted by Gasteiger charge is -2.20. The average molecular weight is 341 g/mol. The van der Waals surface area contributed by atoms with E-state index in [0.29, 0.717) is 6.61 Å². The van der Waals surface area contributed by atoms with E-state index < -0.39 is 6.10 Å². The van der Waals surface area contributed by atoms with E-state index >= 15 is 0 Å². The molecule has 0 radical (unpaired) electrons. The highest BCUT2D eigenvalue weighted by atomic mass is 16.5. The van der Waals surface area contributed by atoms with Gasteiger partial charge in [0, 0.05) is 0 Å². The molecule has 2 aromatic rings. The summed E-state index contributed by atoms with van der Waals surface area (Å²) in [6, 6.07) is 13.6. The van der Waals surface area contributed by atoms with Gasteiger partial charge in [0.1, 0.15) is 18.1 Å². The van der Waals surface area contributed by atoms with E-state index in [1.807, 2.05) is 70.2 Å². The van der Waals surface area contributed by atoms with Crippen LogP contribution in [0.3, 0.4) is 0 Å². The lowest BCUT2D eigenvalue weighted by Crippen LogP contribution is -2.43. The molecule has 0 aromatic heterocycles. The standard InChI is InChI=1S/C21H27NO3/c1-14-9-11-19(12-10-14)24-13-16(3)22-21(23)18(5)25-20-8-6-7-15(2)17(20)4/h6-12,16,18H,13H2,1-5H3,(H,22,23)/t16-,18-/m1/s1. The van der Waals surface area contributed by atoms with Crippen LogP contribution in [0.25, 0.3) is 0 Å². The Hall–Kier alpha value is -2.49. The van der Waals surface area contributed by atoms with Gasteiger partial charge in [-0.2, -0.15) is 0 Å². The summed E-state index contributed by atoms with van der Waals surface area (Å²) in [5.41, 5.74) is 3.38. The highest BCUT2D eigenvalue weighted by Crippen LogP contribution is 2.21. The van der Waals surface area contributed by atoms with Crippen molar-refractivity contribution in [3.8, 4) is 11.5 Å². The summed E-state index contributed by atoms with van der Waals surface area (Å²) < 4.78 is 11.5. The van der Waals surface area contributed by atoms with Crippen molar-refractivity contribution in [2.24, 2.45) is 0 Å². The third-order valence-electron chi connectivity index (χ3n) is 4.14. The Morgan fingerprint density at radius 2 is 1.72 bits per heavy atom. The molecule has 2 rings (SSSR count). The van der Waals surface area contributed by atoms with Gasteiger partial charge in [-0.05, 0) is 63.9 Å². The third-order valence-corrected chi connectivity index (χ3v) is 4.14. The van der Waals surface area contributed by atoms with Gasteiger partial charge < -0.3 is 14.8 Å². The SMILES string of the molecule is Cc1ccc(OC[C@@H](C)NC(=O)[C@@H](C)Oc2cccc(C)c2C)cc1. The van der Waals surface area contributed by atoms with E-state index in [0.717, 1.165) is 22.6 Å². The van der Waals surface area contributed by atoms with Crippen LogP contribution in [0.1, 0.15) is 30.5 Å². The van der Waals surface area contributed by atoms with E-state index in [9.17, 15) is 4.79 Å². The molecule has 4 heteroatoms. The van der Waals surface area contributed by atoms with Crippen molar-refractivity contribution in [3.05, 3.63) is 59.2 Å². The van der Waals surface area contributed by atoms with E-state index in [4.69, 9.17) is 9.47 Å². The van der Waals surface area contributed by atoms with Crippen molar-refractivity contribution in [1.29, 1.82) is 0 Å². The number of ether oxygens (including phenoxy) is 2. The number of hydrogen-bond acceptors (Lipinski definition) is 3. The number of carbonyl (C=O) groups is 1. The van der Waals surface area contributed by atoms with Crippen LogP contribution in [0.2, 0.25) is 0 Å². The minimum atomic E-state index is -0.567.